The third-order valence-electron chi connectivity index (χ3n) is 3.34. The van der Waals surface area contributed by atoms with Crippen LogP contribution in [-0.2, 0) is 17.0 Å². The SMILES string of the molecule is O=C(CCc1ccc(Cl)cc1)NCCSCc1ccccc1F. The second-order valence-corrected chi connectivity index (χ2v) is 6.66. The van der Waals surface area contributed by atoms with Gasteiger partial charge in [0.25, 0.3) is 0 Å². The number of benzene rings is 2. The lowest BCUT2D eigenvalue weighted by molar-refractivity contribution is -0.120. The second-order valence-electron chi connectivity index (χ2n) is 5.12. The molecule has 0 saturated heterocycles. The van der Waals surface area contributed by atoms with E-state index in [-0.39, 0.29) is 11.7 Å². The van der Waals surface area contributed by atoms with Crippen LogP contribution < -0.4 is 5.32 Å². The monoisotopic (exact) mass is 351 g/mol. The van der Waals surface area contributed by atoms with Crippen LogP contribution in [0.3, 0.4) is 0 Å². The van der Waals surface area contributed by atoms with Gasteiger partial charge in [0.1, 0.15) is 5.82 Å². The minimum absolute atomic E-state index is 0.0337. The topological polar surface area (TPSA) is 29.1 Å². The normalized spacial score (nSPS) is 10.5. The van der Waals surface area contributed by atoms with E-state index in [0.29, 0.717) is 35.7 Å². The number of halogens is 2. The number of hydrogen-bond acceptors (Lipinski definition) is 2. The molecule has 0 aliphatic carbocycles. The van der Waals surface area contributed by atoms with Gasteiger partial charge in [0.15, 0.2) is 0 Å². The van der Waals surface area contributed by atoms with E-state index in [0.717, 1.165) is 11.3 Å². The van der Waals surface area contributed by atoms with Gasteiger partial charge >= 0.3 is 0 Å². The molecular weight excluding hydrogens is 333 g/mol. The summed E-state index contributed by atoms with van der Waals surface area (Å²) >= 11 is 7.43. The van der Waals surface area contributed by atoms with E-state index in [2.05, 4.69) is 5.32 Å². The van der Waals surface area contributed by atoms with Gasteiger partial charge in [-0.05, 0) is 35.7 Å². The number of hydrogen-bond donors (Lipinski definition) is 1. The lowest BCUT2D eigenvalue weighted by Gasteiger charge is -2.06. The molecule has 0 aromatic heterocycles. The van der Waals surface area contributed by atoms with Crippen LogP contribution in [-0.4, -0.2) is 18.2 Å². The van der Waals surface area contributed by atoms with Crippen molar-refractivity contribution in [3.63, 3.8) is 0 Å². The van der Waals surface area contributed by atoms with Crippen molar-refractivity contribution < 1.29 is 9.18 Å². The Morgan fingerprint density at radius 1 is 1.13 bits per heavy atom. The van der Waals surface area contributed by atoms with Crippen molar-refractivity contribution in [2.75, 3.05) is 12.3 Å². The molecule has 122 valence electrons. The summed E-state index contributed by atoms with van der Waals surface area (Å²) in [6.07, 6.45) is 1.16. The number of thioether (sulfide) groups is 1. The molecule has 2 rings (SSSR count). The first kappa shape index (κ1) is 17.8. The summed E-state index contributed by atoms with van der Waals surface area (Å²) in [5.41, 5.74) is 1.80. The summed E-state index contributed by atoms with van der Waals surface area (Å²) in [5, 5.41) is 3.58. The largest absolute Gasteiger partial charge is 0.355 e. The van der Waals surface area contributed by atoms with E-state index in [1.54, 1.807) is 23.9 Å². The van der Waals surface area contributed by atoms with Gasteiger partial charge in [-0.15, -0.1) is 0 Å². The fourth-order valence-electron chi connectivity index (χ4n) is 2.06. The smallest absolute Gasteiger partial charge is 0.220 e. The predicted octanol–water partition coefficient (Wildman–Crippen LogP) is 4.46. The Balaban J connectivity index is 1.58. The van der Waals surface area contributed by atoms with Crippen molar-refractivity contribution in [1.29, 1.82) is 0 Å². The number of amides is 1. The van der Waals surface area contributed by atoms with Crippen LogP contribution >= 0.6 is 23.4 Å². The first-order valence-electron chi connectivity index (χ1n) is 7.47. The molecule has 2 aromatic rings. The van der Waals surface area contributed by atoms with Gasteiger partial charge in [0.2, 0.25) is 5.91 Å². The molecule has 2 aromatic carbocycles. The third-order valence-corrected chi connectivity index (χ3v) is 4.60. The number of nitrogens with one attached hydrogen (secondary N) is 1. The summed E-state index contributed by atoms with van der Waals surface area (Å²) in [7, 11) is 0. The number of aryl methyl sites for hydroxylation is 1. The minimum Gasteiger partial charge on any atom is -0.355 e. The highest BCUT2D eigenvalue weighted by Gasteiger charge is 2.03. The van der Waals surface area contributed by atoms with Gasteiger partial charge in [0, 0.05) is 29.5 Å². The van der Waals surface area contributed by atoms with Crippen molar-refractivity contribution in [3.8, 4) is 0 Å². The lowest BCUT2D eigenvalue weighted by Crippen LogP contribution is -2.25. The van der Waals surface area contributed by atoms with E-state index < -0.39 is 0 Å². The molecule has 0 unspecified atom stereocenters. The zero-order chi connectivity index (χ0) is 16.5. The molecule has 0 atom stereocenters. The van der Waals surface area contributed by atoms with E-state index in [4.69, 9.17) is 11.6 Å². The van der Waals surface area contributed by atoms with Crippen LogP contribution in [0.15, 0.2) is 48.5 Å². The highest BCUT2D eigenvalue weighted by atomic mass is 35.5. The summed E-state index contributed by atoms with van der Waals surface area (Å²) in [6.45, 7) is 0.596. The average Bonchev–Trinajstić information content (AvgIpc) is 2.55. The first-order valence-corrected chi connectivity index (χ1v) is 9.01. The Labute approximate surface area is 145 Å². The zero-order valence-electron chi connectivity index (χ0n) is 12.7. The Morgan fingerprint density at radius 2 is 1.87 bits per heavy atom. The molecule has 0 fully saturated rings. The highest BCUT2D eigenvalue weighted by Crippen LogP contribution is 2.14. The Hall–Kier alpha value is -1.52. The fraction of sp³-hybridized carbons (Fsp3) is 0.278. The summed E-state index contributed by atoms with van der Waals surface area (Å²) in [5.74, 6) is 1.24. The molecule has 1 N–H and O–H groups in total. The van der Waals surface area contributed by atoms with Gasteiger partial charge < -0.3 is 5.32 Å². The maximum Gasteiger partial charge on any atom is 0.220 e. The molecule has 23 heavy (non-hydrogen) atoms. The highest BCUT2D eigenvalue weighted by molar-refractivity contribution is 7.98. The second kappa shape index (κ2) is 9.58. The van der Waals surface area contributed by atoms with Crippen molar-refractivity contribution in [2.45, 2.75) is 18.6 Å². The molecule has 0 spiro atoms. The minimum atomic E-state index is -0.174. The predicted molar refractivity (Wildman–Crippen MR) is 95.3 cm³/mol. The van der Waals surface area contributed by atoms with Crippen LogP contribution in [0.1, 0.15) is 17.5 Å². The molecule has 1 amide bonds. The fourth-order valence-corrected chi connectivity index (χ4v) is 3.03. The summed E-state index contributed by atoms with van der Waals surface area (Å²) in [4.78, 5) is 11.8. The molecule has 0 aliphatic rings. The Kier molecular flexibility index (Phi) is 7.43. The van der Waals surface area contributed by atoms with Crippen molar-refractivity contribution in [1.82, 2.24) is 5.32 Å². The van der Waals surface area contributed by atoms with E-state index >= 15 is 0 Å². The van der Waals surface area contributed by atoms with Crippen molar-refractivity contribution >= 4 is 29.3 Å². The maximum atomic E-state index is 13.4. The molecule has 0 aliphatic heterocycles. The van der Waals surface area contributed by atoms with E-state index in [1.165, 1.54) is 6.07 Å². The molecule has 0 bridgehead atoms. The standard InChI is InChI=1S/C18H19ClFNOS/c19-16-8-5-14(6-9-16)7-10-18(22)21-11-12-23-13-15-3-1-2-4-17(15)20/h1-6,8-9H,7,10-13H2,(H,21,22). The average molecular weight is 352 g/mol. The van der Waals surface area contributed by atoms with Crippen LogP contribution in [0.5, 0.6) is 0 Å². The van der Waals surface area contributed by atoms with Crippen LogP contribution in [0, 0.1) is 5.82 Å². The Bertz CT molecular complexity index is 633. The Morgan fingerprint density at radius 3 is 2.61 bits per heavy atom. The summed E-state index contributed by atoms with van der Waals surface area (Å²) in [6, 6.07) is 14.3. The third kappa shape index (κ3) is 6.63. The number of carbonyl (C=O) groups is 1. The molecule has 2 nitrogen and oxygen atoms in total. The van der Waals surface area contributed by atoms with Crippen molar-refractivity contribution in [2.24, 2.45) is 0 Å². The molecular formula is C18H19ClFNOS. The van der Waals surface area contributed by atoms with E-state index in [1.807, 2.05) is 30.3 Å². The quantitative estimate of drug-likeness (QED) is 0.711. The summed E-state index contributed by atoms with van der Waals surface area (Å²) < 4.78 is 13.4. The van der Waals surface area contributed by atoms with Gasteiger partial charge in [-0.3, -0.25) is 4.79 Å². The first-order chi connectivity index (χ1) is 11.1. The van der Waals surface area contributed by atoms with Crippen LogP contribution in [0.4, 0.5) is 4.39 Å². The van der Waals surface area contributed by atoms with E-state index in [9.17, 15) is 9.18 Å². The van der Waals surface area contributed by atoms with Gasteiger partial charge in [0.05, 0.1) is 0 Å². The van der Waals surface area contributed by atoms with Gasteiger partial charge in [-0.1, -0.05) is 41.9 Å². The van der Waals surface area contributed by atoms with Crippen molar-refractivity contribution in [3.05, 3.63) is 70.5 Å². The lowest BCUT2D eigenvalue weighted by atomic mass is 10.1. The molecule has 5 heteroatoms. The number of rotatable bonds is 8. The maximum absolute atomic E-state index is 13.4. The zero-order valence-corrected chi connectivity index (χ0v) is 14.3. The van der Waals surface area contributed by atoms with Crippen LogP contribution in [0.2, 0.25) is 5.02 Å². The molecule has 0 heterocycles. The number of carbonyl (C=O) groups excluding carboxylic acids is 1. The molecule has 0 radical (unpaired) electrons. The van der Waals surface area contributed by atoms with Gasteiger partial charge in [-0.2, -0.15) is 11.8 Å². The van der Waals surface area contributed by atoms with Crippen LogP contribution in [0.25, 0.3) is 0 Å². The molecule has 0 saturated carbocycles. The van der Waals surface area contributed by atoms with Gasteiger partial charge in [-0.25, -0.2) is 4.39 Å².